The molecule has 106 valence electrons. The molecule has 6 heteroatoms. The topological polar surface area (TPSA) is 81.2 Å². The Morgan fingerprint density at radius 1 is 1.35 bits per heavy atom. The van der Waals surface area contributed by atoms with Crippen LogP contribution in [0.4, 0.5) is 0 Å². The standard InChI is InChI=1S/C14H17N3O2S/c1-3-19-10-6-4-9(5-7-10)14-17-11(8-18-2)12(20-14)13(15)16/h4-7H,3,8H2,1-2H3,(H3,15,16). The van der Waals surface area contributed by atoms with E-state index in [9.17, 15) is 0 Å². The quantitative estimate of drug-likeness (QED) is 0.633. The van der Waals surface area contributed by atoms with Crippen molar-refractivity contribution in [2.24, 2.45) is 5.73 Å². The first-order valence-electron chi connectivity index (χ1n) is 6.22. The second-order valence-corrected chi connectivity index (χ2v) is 5.10. The number of aromatic nitrogens is 1. The average Bonchev–Trinajstić information content (AvgIpc) is 2.85. The minimum absolute atomic E-state index is 0.0201. The lowest BCUT2D eigenvalue weighted by atomic mass is 10.2. The summed E-state index contributed by atoms with van der Waals surface area (Å²) in [5.41, 5.74) is 7.26. The van der Waals surface area contributed by atoms with Gasteiger partial charge in [-0.3, -0.25) is 5.41 Å². The smallest absolute Gasteiger partial charge is 0.135 e. The summed E-state index contributed by atoms with van der Waals surface area (Å²) in [5.74, 6) is 0.850. The van der Waals surface area contributed by atoms with Gasteiger partial charge in [-0.2, -0.15) is 0 Å². The predicted molar refractivity (Wildman–Crippen MR) is 80.4 cm³/mol. The molecule has 0 aliphatic rings. The summed E-state index contributed by atoms with van der Waals surface area (Å²) in [5, 5.41) is 8.42. The fourth-order valence-electron chi connectivity index (χ4n) is 1.78. The van der Waals surface area contributed by atoms with Crippen molar-refractivity contribution >= 4 is 17.2 Å². The fourth-order valence-corrected chi connectivity index (χ4v) is 2.72. The number of nitrogens with zero attached hydrogens (tertiary/aromatic N) is 1. The molecule has 5 nitrogen and oxygen atoms in total. The maximum atomic E-state index is 7.59. The molecule has 0 aliphatic heterocycles. The number of methoxy groups -OCH3 is 1. The largest absolute Gasteiger partial charge is 0.494 e. The molecule has 0 bridgehead atoms. The van der Waals surface area contributed by atoms with Gasteiger partial charge in [0.1, 0.15) is 16.6 Å². The molecule has 1 heterocycles. The number of nitrogen functional groups attached to an aromatic ring is 1. The van der Waals surface area contributed by atoms with Crippen LogP contribution in [0.2, 0.25) is 0 Å². The Bertz CT molecular complexity index is 593. The third-order valence-corrected chi connectivity index (χ3v) is 3.82. The lowest BCUT2D eigenvalue weighted by Gasteiger charge is -2.02. The lowest BCUT2D eigenvalue weighted by Crippen LogP contribution is -2.11. The molecular weight excluding hydrogens is 274 g/mol. The zero-order valence-corrected chi connectivity index (χ0v) is 12.3. The van der Waals surface area contributed by atoms with E-state index in [4.69, 9.17) is 20.6 Å². The Morgan fingerprint density at radius 2 is 2.05 bits per heavy atom. The van der Waals surface area contributed by atoms with Crippen molar-refractivity contribution in [2.45, 2.75) is 13.5 Å². The highest BCUT2D eigenvalue weighted by Crippen LogP contribution is 2.29. The monoisotopic (exact) mass is 291 g/mol. The minimum atomic E-state index is 0.0201. The SMILES string of the molecule is CCOc1ccc(-c2nc(COC)c(C(=N)N)s2)cc1. The van der Waals surface area contributed by atoms with E-state index in [-0.39, 0.29) is 5.84 Å². The summed E-state index contributed by atoms with van der Waals surface area (Å²) in [6.45, 7) is 2.94. The van der Waals surface area contributed by atoms with Crippen molar-refractivity contribution in [3.8, 4) is 16.3 Å². The van der Waals surface area contributed by atoms with Gasteiger partial charge in [0.15, 0.2) is 0 Å². The van der Waals surface area contributed by atoms with E-state index < -0.39 is 0 Å². The zero-order valence-electron chi connectivity index (χ0n) is 11.5. The molecule has 0 saturated carbocycles. The number of benzene rings is 1. The summed E-state index contributed by atoms with van der Waals surface area (Å²) >= 11 is 1.40. The van der Waals surface area contributed by atoms with Crippen LogP contribution in [-0.4, -0.2) is 24.5 Å². The van der Waals surface area contributed by atoms with Crippen LogP contribution in [0.5, 0.6) is 5.75 Å². The third-order valence-electron chi connectivity index (χ3n) is 2.64. The van der Waals surface area contributed by atoms with Crippen molar-refractivity contribution in [2.75, 3.05) is 13.7 Å². The number of rotatable bonds is 6. The Morgan fingerprint density at radius 3 is 2.60 bits per heavy atom. The fraction of sp³-hybridized carbons (Fsp3) is 0.286. The molecule has 2 aromatic rings. The number of thiazole rings is 1. The van der Waals surface area contributed by atoms with Gasteiger partial charge in [0.25, 0.3) is 0 Å². The van der Waals surface area contributed by atoms with Crippen molar-refractivity contribution < 1.29 is 9.47 Å². The van der Waals surface area contributed by atoms with Crippen LogP contribution in [0.15, 0.2) is 24.3 Å². The van der Waals surface area contributed by atoms with Crippen LogP contribution in [-0.2, 0) is 11.3 Å². The van der Waals surface area contributed by atoms with Crippen molar-refractivity contribution in [1.82, 2.24) is 4.98 Å². The molecule has 1 aromatic carbocycles. The first-order chi connectivity index (χ1) is 9.65. The van der Waals surface area contributed by atoms with Crippen molar-refractivity contribution in [3.05, 3.63) is 34.8 Å². The summed E-state index contributed by atoms with van der Waals surface area (Å²) in [7, 11) is 1.60. The van der Waals surface area contributed by atoms with Gasteiger partial charge >= 0.3 is 0 Å². The van der Waals surface area contributed by atoms with Crippen LogP contribution in [0.3, 0.4) is 0 Å². The minimum Gasteiger partial charge on any atom is -0.494 e. The molecule has 2 rings (SSSR count). The van der Waals surface area contributed by atoms with E-state index >= 15 is 0 Å². The number of hydrogen-bond donors (Lipinski definition) is 2. The maximum Gasteiger partial charge on any atom is 0.135 e. The molecule has 0 unspecified atom stereocenters. The normalized spacial score (nSPS) is 10.5. The Hall–Kier alpha value is -1.92. The van der Waals surface area contributed by atoms with E-state index in [2.05, 4.69) is 4.98 Å². The van der Waals surface area contributed by atoms with Crippen LogP contribution in [0.25, 0.3) is 10.6 Å². The van der Waals surface area contributed by atoms with Crippen LogP contribution < -0.4 is 10.5 Å². The van der Waals surface area contributed by atoms with Crippen molar-refractivity contribution in [1.29, 1.82) is 5.41 Å². The molecule has 20 heavy (non-hydrogen) atoms. The molecule has 0 saturated heterocycles. The lowest BCUT2D eigenvalue weighted by molar-refractivity contribution is 0.182. The maximum absolute atomic E-state index is 7.59. The van der Waals surface area contributed by atoms with Gasteiger partial charge in [0.05, 0.1) is 23.8 Å². The van der Waals surface area contributed by atoms with Gasteiger partial charge in [-0.05, 0) is 31.2 Å². The van der Waals surface area contributed by atoms with Crippen molar-refractivity contribution in [3.63, 3.8) is 0 Å². The first-order valence-corrected chi connectivity index (χ1v) is 7.03. The molecule has 0 atom stereocenters. The summed E-state index contributed by atoms with van der Waals surface area (Å²) < 4.78 is 10.5. The van der Waals surface area contributed by atoms with Gasteiger partial charge in [0, 0.05) is 12.7 Å². The number of ether oxygens (including phenoxy) is 2. The Labute approximate surface area is 121 Å². The third kappa shape index (κ3) is 3.15. The highest BCUT2D eigenvalue weighted by Gasteiger charge is 2.14. The van der Waals surface area contributed by atoms with Gasteiger partial charge in [0.2, 0.25) is 0 Å². The zero-order chi connectivity index (χ0) is 14.5. The summed E-state index contributed by atoms with van der Waals surface area (Å²) in [6, 6.07) is 7.71. The number of nitrogens with two attached hydrogens (primary N) is 1. The second-order valence-electron chi connectivity index (χ2n) is 4.10. The van der Waals surface area contributed by atoms with Gasteiger partial charge in [-0.15, -0.1) is 11.3 Å². The molecule has 0 radical (unpaired) electrons. The van der Waals surface area contributed by atoms with Gasteiger partial charge in [-0.25, -0.2) is 4.98 Å². The van der Waals surface area contributed by atoms with Gasteiger partial charge in [-0.1, -0.05) is 0 Å². The number of nitrogens with one attached hydrogen (secondary N) is 1. The van der Waals surface area contributed by atoms with Crippen LogP contribution >= 0.6 is 11.3 Å². The molecule has 0 spiro atoms. The second kappa shape index (κ2) is 6.49. The van der Waals surface area contributed by atoms with E-state index in [1.54, 1.807) is 7.11 Å². The number of hydrogen-bond acceptors (Lipinski definition) is 5. The highest BCUT2D eigenvalue weighted by atomic mass is 32.1. The van der Waals surface area contributed by atoms with E-state index in [0.717, 1.165) is 16.3 Å². The molecular formula is C14H17N3O2S. The van der Waals surface area contributed by atoms with Crippen LogP contribution in [0.1, 0.15) is 17.5 Å². The number of amidine groups is 1. The van der Waals surface area contributed by atoms with Crippen LogP contribution in [0, 0.1) is 5.41 Å². The molecule has 3 N–H and O–H groups in total. The Kier molecular flexibility index (Phi) is 4.70. The van der Waals surface area contributed by atoms with Gasteiger partial charge < -0.3 is 15.2 Å². The summed E-state index contributed by atoms with van der Waals surface area (Å²) in [6.07, 6.45) is 0. The Balaban J connectivity index is 2.32. The predicted octanol–water partition coefficient (Wildman–Crippen LogP) is 2.64. The van der Waals surface area contributed by atoms with E-state index in [1.165, 1.54) is 11.3 Å². The molecule has 0 aliphatic carbocycles. The highest BCUT2D eigenvalue weighted by molar-refractivity contribution is 7.17. The molecule has 0 fully saturated rings. The first kappa shape index (κ1) is 14.5. The molecule has 1 aromatic heterocycles. The summed E-state index contributed by atoms with van der Waals surface area (Å²) in [4.78, 5) is 5.16. The van der Waals surface area contributed by atoms with E-state index in [1.807, 2.05) is 31.2 Å². The average molecular weight is 291 g/mol. The van der Waals surface area contributed by atoms with E-state index in [0.29, 0.717) is 23.8 Å². The molecule has 0 amide bonds.